The van der Waals surface area contributed by atoms with Crippen LogP contribution in [0.25, 0.3) is 5.69 Å². The van der Waals surface area contributed by atoms with E-state index < -0.39 is 0 Å². The van der Waals surface area contributed by atoms with E-state index in [-0.39, 0.29) is 5.92 Å². The van der Waals surface area contributed by atoms with Gasteiger partial charge in [0.05, 0.1) is 16.4 Å². The van der Waals surface area contributed by atoms with E-state index in [1.165, 1.54) is 24.0 Å². The molecule has 1 unspecified atom stereocenters. The summed E-state index contributed by atoms with van der Waals surface area (Å²) in [6.07, 6.45) is 9.64. The Morgan fingerprint density at radius 3 is 2.38 bits per heavy atom. The summed E-state index contributed by atoms with van der Waals surface area (Å²) >= 11 is 12.7. The van der Waals surface area contributed by atoms with Crippen molar-refractivity contribution in [3.8, 4) is 5.69 Å². The number of rotatable bonds is 6. The maximum atomic E-state index is 11.8. The monoisotopic (exact) mass is 497 g/mol. The maximum Gasteiger partial charge on any atom is 0.170 e. The van der Waals surface area contributed by atoms with Gasteiger partial charge in [0.1, 0.15) is 5.69 Å². The van der Waals surface area contributed by atoms with Crippen LogP contribution in [0.15, 0.2) is 42.5 Å². The molecular weight excluding hydrogens is 465 g/mol. The molecule has 0 aliphatic heterocycles. The number of carbonyl (C=O) groups excluding carboxylic acids is 1. The highest BCUT2D eigenvalue weighted by molar-refractivity contribution is 6.32. The summed E-state index contributed by atoms with van der Waals surface area (Å²) < 4.78 is 1.92. The molecule has 1 heterocycles. The van der Waals surface area contributed by atoms with E-state index in [1.807, 2.05) is 36.0 Å². The van der Waals surface area contributed by atoms with Crippen LogP contribution in [0, 0.1) is 0 Å². The predicted molar refractivity (Wildman–Crippen MR) is 141 cm³/mol. The summed E-state index contributed by atoms with van der Waals surface area (Å²) in [6, 6.07) is 15.0. The third-order valence-corrected chi connectivity index (χ3v) is 7.37. The first kappa shape index (κ1) is 25.0. The van der Waals surface area contributed by atoms with Crippen LogP contribution in [-0.4, -0.2) is 29.2 Å². The molecule has 0 amide bonds. The van der Waals surface area contributed by atoms with E-state index in [0.717, 1.165) is 72.8 Å². The fourth-order valence-corrected chi connectivity index (χ4v) is 5.09. The number of nitrogens with zero attached hydrogens (tertiary/aromatic N) is 2. The SMILES string of the molecule is CCc1ccc(-n2nc(C=O)c3c2C(Cc2ccc(Cl)cc2)CCCC3)c(Cl)c1.CNC1CC1. The Labute approximate surface area is 212 Å². The Morgan fingerprint density at radius 1 is 1.06 bits per heavy atom. The van der Waals surface area contributed by atoms with Crippen LogP contribution >= 0.6 is 23.2 Å². The highest BCUT2D eigenvalue weighted by Gasteiger charge is 2.28. The van der Waals surface area contributed by atoms with Gasteiger partial charge in [0.25, 0.3) is 0 Å². The third-order valence-electron chi connectivity index (χ3n) is 6.81. The number of aryl methyl sites for hydroxylation is 1. The fourth-order valence-electron chi connectivity index (χ4n) is 4.68. The Morgan fingerprint density at radius 2 is 1.79 bits per heavy atom. The zero-order valence-corrected chi connectivity index (χ0v) is 21.5. The van der Waals surface area contributed by atoms with Gasteiger partial charge in [-0.15, -0.1) is 0 Å². The molecule has 2 aliphatic rings. The van der Waals surface area contributed by atoms with Crippen molar-refractivity contribution in [2.75, 3.05) is 7.05 Å². The number of carbonyl (C=O) groups is 1. The van der Waals surface area contributed by atoms with Crippen LogP contribution in [0.1, 0.15) is 77.8 Å². The summed E-state index contributed by atoms with van der Waals surface area (Å²) in [5.41, 5.74) is 6.01. The molecule has 4 nitrogen and oxygen atoms in total. The second-order valence-electron chi connectivity index (χ2n) is 9.25. The van der Waals surface area contributed by atoms with E-state index in [9.17, 15) is 4.79 Å². The van der Waals surface area contributed by atoms with Gasteiger partial charge in [-0.3, -0.25) is 4.79 Å². The number of nitrogens with one attached hydrogen (secondary N) is 1. The van der Waals surface area contributed by atoms with Crippen molar-refractivity contribution in [3.05, 3.63) is 80.6 Å². The largest absolute Gasteiger partial charge is 0.317 e. The molecule has 1 N–H and O–H groups in total. The average Bonchev–Trinajstić information content (AvgIpc) is 3.66. The van der Waals surface area contributed by atoms with Gasteiger partial charge in [-0.2, -0.15) is 5.10 Å². The molecule has 1 fully saturated rings. The van der Waals surface area contributed by atoms with E-state index in [4.69, 9.17) is 23.2 Å². The average molecular weight is 498 g/mol. The normalized spacial score (nSPS) is 17.4. The van der Waals surface area contributed by atoms with Crippen molar-refractivity contribution in [2.24, 2.45) is 0 Å². The summed E-state index contributed by atoms with van der Waals surface area (Å²) in [6.45, 7) is 2.11. The van der Waals surface area contributed by atoms with Crippen molar-refractivity contribution < 1.29 is 4.79 Å². The molecule has 180 valence electrons. The van der Waals surface area contributed by atoms with Gasteiger partial charge in [0.2, 0.25) is 0 Å². The second kappa shape index (κ2) is 11.5. The first-order valence-corrected chi connectivity index (χ1v) is 13.1. The minimum atomic E-state index is 0.275. The molecule has 0 spiro atoms. The van der Waals surface area contributed by atoms with E-state index in [2.05, 4.69) is 35.5 Å². The van der Waals surface area contributed by atoms with Crippen molar-refractivity contribution in [2.45, 2.75) is 70.3 Å². The van der Waals surface area contributed by atoms with Crippen molar-refractivity contribution in [3.63, 3.8) is 0 Å². The molecule has 5 rings (SSSR count). The van der Waals surface area contributed by atoms with Gasteiger partial charge in [0, 0.05) is 22.5 Å². The highest BCUT2D eigenvalue weighted by Crippen LogP contribution is 2.37. The van der Waals surface area contributed by atoms with Crippen LogP contribution < -0.4 is 5.32 Å². The van der Waals surface area contributed by atoms with Gasteiger partial charge in [-0.1, -0.05) is 54.7 Å². The lowest BCUT2D eigenvalue weighted by molar-refractivity contribution is 0.111. The van der Waals surface area contributed by atoms with E-state index >= 15 is 0 Å². The Kier molecular flexibility index (Phi) is 8.46. The second-order valence-corrected chi connectivity index (χ2v) is 10.1. The summed E-state index contributed by atoms with van der Waals surface area (Å²) in [5, 5.41) is 9.24. The van der Waals surface area contributed by atoms with Crippen molar-refractivity contribution in [1.82, 2.24) is 15.1 Å². The molecule has 2 aliphatic carbocycles. The predicted octanol–water partition coefficient (Wildman–Crippen LogP) is 6.97. The maximum absolute atomic E-state index is 11.8. The molecular formula is C28H33Cl2N3O. The quantitative estimate of drug-likeness (QED) is 0.295. The molecule has 0 bridgehead atoms. The third kappa shape index (κ3) is 5.91. The molecule has 0 radical (unpaired) electrons. The fraction of sp³-hybridized carbons (Fsp3) is 0.429. The number of aldehydes is 1. The van der Waals surface area contributed by atoms with Crippen LogP contribution in [0.3, 0.4) is 0 Å². The summed E-state index contributed by atoms with van der Waals surface area (Å²) in [5.74, 6) is 0.275. The lowest BCUT2D eigenvalue weighted by atomic mass is 9.91. The molecule has 1 atom stereocenters. The minimum Gasteiger partial charge on any atom is -0.317 e. The minimum absolute atomic E-state index is 0.275. The van der Waals surface area contributed by atoms with Gasteiger partial charge in [0.15, 0.2) is 6.29 Å². The number of fused-ring (bicyclic) bond motifs is 1. The Bertz CT molecular complexity index is 1120. The lowest BCUT2D eigenvalue weighted by Gasteiger charge is -2.19. The van der Waals surface area contributed by atoms with Crippen molar-refractivity contribution >= 4 is 29.5 Å². The highest BCUT2D eigenvalue weighted by atomic mass is 35.5. The van der Waals surface area contributed by atoms with Gasteiger partial charge < -0.3 is 5.32 Å². The number of hydrogen-bond donors (Lipinski definition) is 1. The van der Waals surface area contributed by atoms with Crippen LogP contribution in [0.5, 0.6) is 0 Å². The lowest BCUT2D eigenvalue weighted by Crippen LogP contribution is -2.11. The molecule has 1 aromatic heterocycles. The van der Waals surface area contributed by atoms with E-state index in [0.29, 0.717) is 10.7 Å². The zero-order chi connectivity index (χ0) is 24.1. The molecule has 1 saturated carbocycles. The Hall–Kier alpha value is -2.14. The smallest absolute Gasteiger partial charge is 0.170 e. The van der Waals surface area contributed by atoms with Crippen LogP contribution in [0.4, 0.5) is 0 Å². The molecule has 3 aromatic rings. The molecule has 34 heavy (non-hydrogen) atoms. The van der Waals surface area contributed by atoms with Crippen LogP contribution in [-0.2, 0) is 19.3 Å². The number of benzene rings is 2. The molecule has 2 aromatic carbocycles. The van der Waals surface area contributed by atoms with Crippen molar-refractivity contribution in [1.29, 1.82) is 0 Å². The zero-order valence-electron chi connectivity index (χ0n) is 20.0. The summed E-state index contributed by atoms with van der Waals surface area (Å²) in [4.78, 5) is 11.8. The van der Waals surface area contributed by atoms with E-state index in [1.54, 1.807) is 0 Å². The standard InChI is InChI=1S/C24H24Cl2N2O.C4H9N/c1-2-16-9-12-23(21(26)14-16)28-24-18(13-17-7-10-19(25)11-8-17)5-3-4-6-20(24)22(15-29)27-28;1-5-4-2-3-4/h7-12,14-15,18H,2-6,13H2,1H3;4-5H,2-3H2,1H3. The Balaban J connectivity index is 0.000000486. The molecule has 0 saturated heterocycles. The number of halogens is 2. The first-order chi connectivity index (χ1) is 16.5. The van der Waals surface area contributed by atoms with Gasteiger partial charge in [-0.05, 0) is 87.4 Å². The summed E-state index contributed by atoms with van der Waals surface area (Å²) in [7, 11) is 2.01. The van der Waals surface area contributed by atoms with Crippen LogP contribution in [0.2, 0.25) is 10.0 Å². The number of hydrogen-bond acceptors (Lipinski definition) is 3. The van der Waals surface area contributed by atoms with Gasteiger partial charge in [-0.25, -0.2) is 4.68 Å². The number of aromatic nitrogens is 2. The first-order valence-electron chi connectivity index (χ1n) is 12.3. The molecule has 6 heteroatoms. The topological polar surface area (TPSA) is 46.9 Å². The van der Waals surface area contributed by atoms with Gasteiger partial charge >= 0.3 is 0 Å².